The summed E-state index contributed by atoms with van der Waals surface area (Å²) in [5.74, 6) is 0.977. The van der Waals surface area contributed by atoms with Crippen molar-refractivity contribution in [3.63, 3.8) is 0 Å². The molecule has 5 nitrogen and oxygen atoms in total. The molecule has 2 aromatic rings. The Labute approximate surface area is 130 Å². The lowest BCUT2D eigenvalue weighted by molar-refractivity contribution is 0.396. The zero-order valence-corrected chi connectivity index (χ0v) is 12.6. The maximum absolute atomic E-state index is 9.39. The van der Waals surface area contributed by atoms with Crippen LogP contribution in [0.5, 0.6) is 5.88 Å². The van der Waals surface area contributed by atoms with Crippen molar-refractivity contribution in [2.75, 3.05) is 25.1 Å². The summed E-state index contributed by atoms with van der Waals surface area (Å²) >= 11 is 0. The van der Waals surface area contributed by atoms with E-state index in [-0.39, 0.29) is 0 Å². The van der Waals surface area contributed by atoms with Gasteiger partial charge in [-0.2, -0.15) is 5.26 Å². The summed E-state index contributed by atoms with van der Waals surface area (Å²) in [6, 6.07) is 8.21. The normalized spacial score (nSPS) is 17.3. The van der Waals surface area contributed by atoms with Crippen molar-refractivity contribution in [2.45, 2.75) is 12.8 Å². The van der Waals surface area contributed by atoms with Crippen molar-refractivity contribution in [3.8, 4) is 11.9 Å². The number of hydrogen-bond donors (Lipinski definition) is 0. The van der Waals surface area contributed by atoms with Crippen LogP contribution >= 0.6 is 0 Å². The quantitative estimate of drug-likeness (QED) is 0.866. The standard InChI is InChI=1S/C17H18N4O/c1-22-17-15(10-18)16(4-7-20-17)21-8-5-14(12-21)9-13-3-2-6-19-11-13/h2-4,6-7,11,14H,5,8-9,12H2,1H3. The van der Waals surface area contributed by atoms with Gasteiger partial charge in [-0.25, -0.2) is 4.98 Å². The molecule has 0 spiro atoms. The van der Waals surface area contributed by atoms with E-state index in [4.69, 9.17) is 4.74 Å². The van der Waals surface area contributed by atoms with Gasteiger partial charge in [-0.15, -0.1) is 0 Å². The summed E-state index contributed by atoms with van der Waals surface area (Å²) in [4.78, 5) is 10.5. The third-order valence-electron chi connectivity index (χ3n) is 4.07. The molecule has 22 heavy (non-hydrogen) atoms. The van der Waals surface area contributed by atoms with Gasteiger partial charge >= 0.3 is 0 Å². The summed E-state index contributed by atoms with van der Waals surface area (Å²) in [5, 5.41) is 9.39. The van der Waals surface area contributed by atoms with Crippen LogP contribution in [0.2, 0.25) is 0 Å². The van der Waals surface area contributed by atoms with E-state index in [0.29, 0.717) is 17.4 Å². The maximum atomic E-state index is 9.39. The van der Waals surface area contributed by atoms with Crippen molar-refractivity contribution < 1.29 is 4.74 Å². The van der Waals surface area contributed by atoms with Crippen LogP contribution in [-0.4, -0.2) is 30.2 Å². The van der Waals surface area contributed by atoms with Crippen molar-refractivity contribution in [3.05, 3.63) is 47.9 Å². The second-order valence-electron chi connectivity index (χ2n) is 5.49. The Morgan fingerprint density at radius 2 is 2.32 bits per heavy atom. The number of hydrogen-bond acceptors (Lipinski definition) is 5. The fourth-order valence-electron chi connectivity index (χ4n) is 3.03. The first kappa shape index (κ1) is 14.3. The Hall–Kier alpha value is -2.61. The number of pyridine rings is 2. The molecular weight excluding hydrogens is 276 g/mol. The summed E-state index contributed by atoms with van der Waals surface area (Å²) in [5.41, 5.74) is 2.71. The molecule has 0 N–H and O–H groups in total. The predicted molar refractivity (Wildman–Crippen MR) is 83.8 cm³/mol. The van der Waals surface area contributed by atoms with Crippen LogP contribution in [0.4, 0.5) is 5.69 Å². The number of ether oxygens (including phenoxy) is 1. The van der Waals surface area contributed by atoms with Crippen molar-refractivity contribution in [1.82, 2.24) is 9.97 Å². The summed E-state index contributed by atoms with van der Waals surface area (Å²) in [6.07, 6.45) is 7.56. The number of anilines is 1. The second kappa shape index (κ2) is 6.44. The molecule has 2 aromatic heterocycles. The minimum absolute atomic E-state index is 0.399. The van der Waals surface area contributed by atoms with Crippen LogP contribution in [0.1, 0.15) is 17.5 Å². The smallest absolute Gasteiger partial charge is 0.233 e. The zero-order valence-electron chi connectivity index (χ0n) is 12.6. The van der Waals surface area contributed by atoms with E-state index in [2.05, 4.69) is 27.0 Å². The first-order valence-electron chi connectivity index (χ1n) is 7.38. The largest absolute Gasteiger partial charge is 0.480 e. The Balaban J connectivity index is 1.75. The molecule has 1 unspecified atom stereocenters. The van der Waals surface area contributed by atoms with Crippen molar-refractivity contribution in [2.24, 2.45) is 5.92 Å². The Kier molecular flexibility index (Phi) is 4.19. The second-order valence-corrected chi connectivity index (χ2v) is 5.49. The van der Waals surface area contributed by atoms with Crippen molar-refractivity contribution >= 4 is 5.69 Å². The van der Waals surface area contributed by atoms with Gasteiger partial charge in [0, 0.05) is 31.7 Å². The van der Waals surface area contributed by atoms with Gasteiger partial charge < -0.3 is 9.64 Å². The summed E-state index contributed by atoms with van der Waals surface area (Å²) < 4.78 is 5.19. The fourth-order valence-corrected chi connectivity index (χ4v) is 3.03. The van der Waals surface area contributed by atoms with Crippen LogP contribution in [0, 0.1) is 17.2 Å². The topological polar surface area (TPSA) is 62.0 Å². The van der Waals surface area contributed by atoms with E-state index in [9.17, 15) is 5.26 Å². The number of nitrogens with zero attached hydrogens (tertiary/aromatic N) is 4. The third kappa shape index (κ3) is 2.86. The van der Waals surface area contributed by atoms with Gasteiger partial charge in [-0.05, 0) is 36.5 Å². The number of aromatic nitrogens is 2. The van der Waals surface area contributed by atoms with Gasteiger partial charge in [0.2, 0.25) is 5.88 Å². The van der Waals surface area contributed by atoms with Gasteiger partial charge in [0.05, 0.1) is 12.8 Å². The van der Waals surface area contributed by atoms with E-state index >= 15 is 0 Å². The summed E-state index contributed by atoms with van der Waals surface area (Å²) in [7, 11) is 1.54. The lowest BCUT2D eigenvalue weighted by atomic mass is 10.00. The molecule has 1 atom stereocenters. The average Bonchev–Trinajstić information content (AvgIpc) is 3.03. The van der Waals surface area contributed by atoms with E-state index < -0.39 is 0 Å². The molecule has 0 radical (unpaired) electrons. The first-order chi connectivity index (χ1) is 10.8. The molecule has 0 saturated carbocycles. The molecule has 1 fully saturated rings. The van der Waals surface area contributed by atoms with Gasteiger partial charge in [0.15, 0.2) is 0 Å². The maximum Gasteiger partial charge on any atom is 0.233 e. The third-order valence-corrected chi connectivity index (χ3v) is 4.07. The van der Waals surface area contributed by atoms with Crippen molar-refractivity contribution in [1.29, 1.82) is 5.26 Å². The molecule has 3 heterocycles. The van der Waals surface area contributed by atoms with Crippen LogP contribution < -0.4 is 9.64 Å². The molecular formula is C17H18N4O. The number of rotatable bonds is 4. The van der Waals surface area contributed by atoms with E-state index in [1.807, 2.05) is 18.3 Å². The average molecular weight is 294 g/mol. The highest BCUT2D eigenvalue weighted by Gasteiger charge is 2.26. The summed E-state index contributed by atoms with van der Waals surface area (Å²) in [6.45, 7) is 1.89. The molecule has 1 aliphatic heterocycles. The Bertz CT molecular complexity index is 681. The first-order valence-corrected chi connectivity index (χ1v) is 7.38. The minimum Gasteiger partial charge on any atom is -0.480 e. The monoisotopic (exact) mass is 294 g/mol. The fraction of sp³-hybridized carbons (Fsp3) is 0.353. The van der Waals surface area contributed by atoms with E-state index in [1.165, 1.54) is 5.56 Å². The molecule has 5 heteroatoms. The molecule has 0 aliphatic carbocycles. The van der Waals surface area contributed by atoms with Gasteiger partial charge in [0.1, 0.15) is 11.6 Å². The van der Waals surface area contributed by atoms with Crippen LogP contribution in [0.3, 0.4) is 0 Å². The predicted octanol–water partition coefficient (Wildman–Crippen LogP) is 2.43. The van der Waals surface area contributed by atoms with Gasteiger partial charge in [-0.3, -0.25) is 4.98 Å². The number of methoxy groups -OCH3 is 1. The molecule has 0 bridgehead atoms. The van der Waals surface area contributed by atoms with Gasteiger partial charge in [0.25, 0.3) is 0 Å². The van der Waals surface area contributed by atoms with Crippen LogP contribution in [-0.2, 0) is 6.42 Å². The highest BCUT2D eigenvalue weighted by Crippen LogP contribution is 2.31. The molecule has 1 aliphatic rings. The lowest BCUT2D eigenvalue weighted by Crippen LogP contribution is -2.21. The molecule has 0 aromatic carbocycles. The van der Waals surface area contributed by atoms with E-state index in [1.54, 1.807) is 19.5 Å². The highest BCUT2D eigenvalue weighted by atomic mass is 16.5. The molecule has 112 valence electrons. The van der Waals surface area contributed by atoms with Crippen LogP contribution in [0.15, 0.2) is 36.8 Å². The Morgan fingerprint density at radius 3 is 3.05 bits per heavy atom. The Morgan fingerprint density at radius 1 is 1.41 bits per heavy atom. The number of nitriles is 1. The SMILES string of the molecule is COc1nccc(N2CCC(Cc3cccnc3)C2)c1C#N. The van der Waals surface area contributed by atoms with Crippen LogP contribution in [0.25, 0.3) is 0 Å². The van der Waals surface area contributed by atoms with E-state index in [0.717, 1.165) is 31.6 Å². The van der Waals surface area contributed by atoms with Gasteiger partial charge in [-0.1, -0.05) is 6.07 Å². The molecule has 0 amide bonds. The molecule has 1 saturated heterocycles. The molecule has 3 rings (SSSR count). The minimum atomic E-state index is 0.399. The highest BCUT2D eigenvalue weighted by molar-refractivity contribution is 5.63. The lowest BCUT2D eigenvalue weighted by Gasteiger charge is -2.20. The zero-order chi connectivity index (χ0) is 15.4.